The van der Waals surface area contributed by atoms with Gasteiger partial charge in [0.15, 0.2) is 0 Å². The molecule has 0 radical (unpaired) electrons. The summed E-state index contributed by atoms with van der Waals surface area (Å²) in [6, 6.07) is 13.3. The maximum atomic E-state index is 15.8. The number of carbonyl (C=O) groups is 2. The van der Waals surface area contributed by atoms with Crippen LogP contribution in [0.1, 0.15) is 97.6 Å². The highest BCUT2D eigenvalue weighted by Gasteiger charge is 2.32. The molecule has 3 saturated heterocycles. The van der Waals surface area contributed by atoms with E-state index in [1.54, 1.807) is 46.6 Å². The summed E-state index contributed by atoms with van der Waals surface area (Å²) < 4.78 is 36.4. The van der Waals surface area contributed by atoms with Crippen molar-refractivity contribution in [2.75, 3.05) is 71.3 Å². The number of halogens is 2. The number of nitrogens with one attached hydrogen (secondary N) is 1. The summed E-state index contributed by atoms with van der Waals surface area (Å²) in [5, 5.41) is 3.00. The number of piperidine rings is 2. The summed E-state index contributed by atoms with van der Waals surface area (Å²) in [5.74, 6) is -2.03. The number of hydrogen-bond acceptors (Lipinski definition) is 9. The zero-order chi connectivity index (χ0) is 48.4. The number of nitrogens with zero attached hydrogens (tertiary/aromatic N) is 8. The summed E-state index contributed by atoms with van der Waals surface area (Å²) >= 11 is 0. The molecule has 0 spiro atoms. The Hall–Kier alpha value is -5.97. The predicted molar refractivity (Wildman–Crippen MR) is 263 cm³/mol. The Bertz CT molecular complexity index is 2800. The summed E-state index contributed by atoms with van der Waals surface area (Å²) in [5.41, 5.74) is 12.2. The quantitative estimate of drug-likeness (QED) is 0.131. The molecule has 5 aromatic rings. The van der Waals surface area contributed by atoms with Crippen LogP contribution in [0, 0.1) is 24.5 Å². The number of benzene rings is 2. The molecule has 68 heavy (non-hydrogen) atoms. The van der Waals surface area contributed by atoms with Crippen LogP contribution < -0.4 is 22.3 Å². The lowest BCUT2D eigenvalue weighted by atomic mass is 9.87. The van der Waals surface area contributed by atoms with Crippen LogP contribution in [0.2, 0.25) is 0 Å². The van der Waals surface area contributed by atoms with Crippen molar-refractivity contribution in [1.29, 1.82) is 0 Å². The number of rotatable bonds is 14. The number of primary amides is 1. The second-order valence-corrected chi connectivity index (χ2v) is 19.3. The van der Waals surface area contributed by atoms with E-state index in [0.717, 1.165) is 84.9 Å². The van der Waals surface area contributed by atoms with Crippen molar-refractivity contribution < 1.29 is 18.4 Å². The topological polar surface area (TPSA) is 147 Å². The van der Waals surface area contributed by atoms with Gasteiger partial charge in [-0.1, -0.05) is 24.6 Å². The van der Waals surface area contributed by atoms with Gasteiger partial charge in [-0.2, -0.15) is 0 Å². The largest absolute Gasteiger partial charge is 0.388 e. The Morgan fingerprint density at radius 1 is 0.926 bits per heavy atom. The lowest BCUT2D eigenvalue weighted by Gasteiger charge is -2.42. The van der Waals surface area contributed by atoms with Gasteiger partial charge in [-0.25, -0.2) is 13.6 Å². The molecule has 3 aliphatic heterocycles. The first kappa shape index (κ1) is 48.5. The van der Waals surface area contributed by atoms with Gasteiger partial charge in [0, 0.05) is 119 Å². The maximum absolute atomic E-state index is 15.8. The van der Waals surface area contributed by atoms with Crippen LogP contribution >= 0.6 is 0 Å². The molecule has 8 rings (SSSR count). The van der Waals surface area contributed by atoms with Crippen LogP contribution in [0.5, 0.6) is 0 Å². The van der Waals surface area contributed by atoms with E-state index in [-0.39, 0.29) is 34.2 Å². The molecule has 0 saturated carbocycles. The average Bonchev–Trinajstić information content (AvgIpc) is 3.55. The third-order valence-corrected chi connectivity index (χ3v) is 14.7. The smallest absolute Gasteiger partial charge is 0.329 e. The zero-order valence-electron chi connectivity index (χ0n) is 40.3. The Labute approximate surface area is 397 Å². The van der Waals surface area contributed by atoms with E-state index in [0.29, 0.717) is 69.5 Å². The number of piperazine rings is 1. The SMILES string of the molecule is CCC(C(N)=O)n1c(=O)n(C)c2cc(CN3CCN(CC4CCN(C(=O)c5cc(F)c(C6CCN(C/C(C)=C/c7c(-n8ccc(NC)cc8=O)ccnc7C)CC6)c(F)c5)CC4)C(C)C3)ccc21. The van der Waals surface area contributed by atoms with Crippen molar-refractivity contribution in [3.05, 3.63) is 127 Å². The Morgan fingerprint density at radius 2 is 1.65 bits per heavy atom. The number of anilines is 1. The number of imidazole rings is 1. The third kappa shape index (κ3) is 10.2. The lowest BCUT2D eigenvalue weighted by Crippen LogP contribution is -2.53. The van der Waals surface area contributed by atoms with E-state index in [2.05, 4.69) is 38.0 Å². The molecule has 6 heterocycles. The lowest BCUT2D eigenvalue weighted by molar-refractivity contribution is -0.121. The van der Waals surface area contributed by atoms with E-state index >= 15 is 8.78 Å². The Balaban J connectivity index is 0.806. The van der Waals surface area contributed by atoms with Gasteiger partial charge in [0.05, 0.1) is 16.7 Å². The van der Waals surface area contributed by atoms with Crippen molar-refractivity contribution in [2.45, 2.75) is 84.3 Å². The third-order valence-electron chi connectivity index (χ3n) is 14.7. The number of fused-ring (bicyclic) bond motifs is 1. The van der Waals surface area contributed by atoms with Gasteiger partial charge < -0.3 is 16.0 Å². The maximum Gasteiger partial charge on any atom is 0.329 e. The van der Waals surface area contributed by atoms with Crippen molar-refractivity contribution >= 4 is 34.6 Å². The molecule has 14 nitrogen and oxygen atoms in total. The highest BCUT2D eigenvalue weighted by molar-refractivity contribution is 5.94. The highest BCUT2D eigenvalue weighted by atomic mass is 19.1. The van der Waals surface area contributed by atoms with Gasteiger partial charge in [0.25, 0.3) is 11.5 Å². The average molecular weight is 933 g/mol. The van der Waals surface area contributed by atoms with Gasteiger partial charge in [0.1, 0.15) is 17.7 Å². The number of hydrogen-bond donors (Lipinski definition) is 2. The number of aryl methyl sites for hydroxylation is 2. The monoisotopic (exact) mass is 933 g/mol. The molecule has 2 aromatic carbocycles. The molecule has 3 N–H and O–H groups in total. The fraction of sp³-hybridized carbons (Fsp3) is 0.481. The fourth-order valence-corrected chi connectivity index (χ4v) is 10.8. The van der Waals surface area contributed by atoms with Crippen molar-refractivity contribution in [3.63, 3.8) is 0 Å². The Morgan fingerprint density at radius 3 is 2.29 bits per heavy atom. The normalized spacial score (nSPS) is 18.9. The van der Waals surface area contributed by atoms with E-state index in [1.807, 2.05) is 51.1 Å². The van der Waals surface area contributed by atoms with Crippen LogP contribution in [0.25, 0.3) is 22.8 Å². The van der Waals surface area contributed by atoms with Gasteiger partial charge in [0.2, 0.25) is 5.91 Å². The first-order valence-corrected chi connectivity index (χ1v) is 24.1. The minimum absolute atomic E-state index is 0.0604. The number of aromatic nitrogens is 4. The Kier molecular flexibility index (Phi) is 14.8. The molecule has 2 unspecified atom stereocenters. The first-order valence-electron chi connectivity index (χ1n) is 24.1. The van der Waals surface area contributed by atoms with Crippen LogP contribution in [0.3, 0.4) is 0 Å². The van der Waals surface area contributed by atoms with E-state index < -0.39 is 23.6 Å². The van der Waals surface area contributed by atoms with E-state index in [4.69, 9.17) is 5.73 Å². The van der Waals surface area contributed by atoms with Gasteiger partial charge in [-0.3, -0.25) is 47.8 Å². The zero-order valence-corrected chi connectivity index (χ0v) is 40.3. The molecule has 0 aliphatic carbocycles. The predicted octanol–water partition coefficient (Wildman–Crippen LogP) is 6.29. The van der Waals surface area contributed by atoms with Crippen LogP contribution in [-0.4, -0.2) is 122 Å². The molecule has 2 amide bonds. The number of carbonyl (C=O) groups excluding carboxylic acids is 2. The number of nitrogens with two attached hydrogens (primary N) is 1. The van der Waals surface area contributed by atoms with Crippen LogP contribution in [0.4, 0.5) is 14.5 Å². The minimum Gasteiger partial charge on any atom is -0.388 e. The van der Waals surface area contributed by atoms with Gasteiger partial charge >= 0.3 is 5.69 Å². The summed E-state index contributed by atoms with van der Waals surface area (Å²) in [7, 11) is 3.50. The van der Waals surface area contributed by atoms with Gasteiger partial charge in [-0.05, 0) is 120 Å². The molecule has 3 fully saturated rings. The minimum atomic E-state index is -0.693. The fourth-order valence-electron chi connectivity index (χ4n) is 10.8. The number of likely N-dealkylation sites (tertiary alicyclic amines) is 2. The van der Waals surface area contributed by atoms with Crippen LogP contribution in [0.15, 0.2) is 76.1 Å². The standard InChI is InChI=1S/C52H66F2N10O4/c1-7-44(50(55)66)64-46-9-8-37(25-47(46)58(6)52(64)68)31-60-22-23-62(34(3)30-60)32-36-11-19-61(20-12-36)51(67)39-26-42(53)49(43(54)27-39)38-13-17-59(18-14-38)29-33(2)24-41-35(4)57-16-10-45(41)63-21-15-40(56-5)28-48(63)65/h8-10,15-16,21,24-28,34,36,38,44,56H,7,11-14,17-20,22-23,29-32H2,1-6H3,(H2,55,66)/b33-24+. The summed E-state index contributed by atoms with van der Waals surface area (Å²) in [6.07, 6.45) is 8.81. The van der Waals surface area contributed by atoms with Crippen molar-refractivity contribution in [2.24, 2.45) is 18.7 Å². The molecule has 3 aromatic heterocycles. The number of pyridine rings is 2. The highest BCUT2D eigenvalue weighted by Crippen LogP contribution is 2.34. The first-order chi connectivity index (χ1) is 32.6. The summed E-state index contributed by atoms with van der Waals surface area (Å²) in [4.78, 5) is 65.3. The molecule has 2 atom stereocenters. The van der Waals surface area contributed by atoms with E-state index in [1.165, 1.54) is 16.7 Å². The van der Waals surface area contributed by atoms with Crippen LogP contribution in [-0.2, 0) is 18.4 Å². The molecule has 3 aliphatic rings. The molecular formula is C52H66F2N10O4. The van der Waals surface area contributed by atoms with E-state index in [9.17, 15) is 19.2 Å². The second-order valence-electron chi connectivity index (χ2n) is 19.3. The summed E-state index contributed by atoms with van der Waals surface area (Å²) in [6.45, 7) is 15.5. The molecule has 362 valence electrons. The van der Waals surface area contributed by atoms with Gasteiger partial charge in [-0.15, -0.1) is 0 Å². The van der Waals surface area contributed by atoms with Crippen molar-refractivity contribution in [3.8, 4) is 5.69 Å². The molecular weight excluding hydrogens is 867 g/mol. The number of amides is 2. The van der Waals surface area contributed by atoms with Crippen molar-refractivity contribution in [1.82, 2.24) is 38.3 Å². The molecule has 0 bridgehead atoms. The second kappa shape index (κ2) is 20.7. The molecule has 16 heteroatoms.